The van der Waals surface area contributed by atoms with Crippen molar-refractivity contribution in [1.82, 2.24) is 5.32 Å². The lowest BCUT2D eigenvalue weighted by molar-refractivity contribution is -0.119. The summed E-state index contributed by atoms with van der Waals surface area (Å²) >= 11 is 0. The third-order valence-corrected chi connectivity index (χ3v) is 3.63. The van der Waals surface area contributed by atoms with Crippen LogP contribution in [0.25, 0.3) is 0 Å². The quantitative estimate of drug-likeness (QED) is 0.780. The molecule has 0 heterocycles. The van der Waals surface area contributed by atoms with Crippen molar-refractivity contribution in [1.29, 1.82) is 0 Å². The molecule has 0 aliphatic carbocycles. The highest BCUT2D eigenvalue weighted by atomic mass is 16.2. The molecule has 0 aliphatic rings. The minimum Gasteiger partial charge on any atom is -0.352 e. The first kappa shape index (κ1) is 19.2. The van der Waals surface area contributed by atoms with Crippen molar-refractivity contribution >= 4 is 17.5 Å². The molecule has 0 saturated heterocycles. The lowest BCUT2D eigenvalue weighted by Gasteiger charge is -2.26. The molecule has 23 heavy (non-hydrogen) atoms. The average molecular weight is 319 g/mol. The van der Waals surface area contributed by atoms with E-state index in [1.54, 1.807) is 18.2 Å². The van der Waals surface area contributed by atoms with Gasteiger partial charge in [-0.3, -0.25) is 9.59 Å². The molecule has 0 radical (unpaired) electrons. The Labute approximate surface area is 139 Å². The number of anilines is 1. The predicted octanol–water partition coefficient (Wildman–Crippen LogP) is 2.69. The summed E-state index contributed by atoms with van der Waals surface area (Å²) in [4.78, 5) is 24.2. The van der Waals surface area contributed by atoms with Crippen LogP contribution in [0.4, 0.5) is 5.69 Å². The summed E-state index contributed by atoms with van der Waals surface area (Å²) in [5, 5.41) is 5.71. The lowest BCUT2D eigenvalue weighted by Crippen LogP contribution is -2.45. The Morgan fingerprint density at radius 2 is 1.83 bits per heavy atom. The van der Waals surface area contributed by atoms with E-state index in [9.17, 15) is 9.59 Å². The van der Waals surface area contributed by atoms with E-state index in [2.05, 4.69) is 10.6 Å². The molecule has 0 spiro atoms. The van der Waals surface area contributed by atoms with Crippen molar-refractivity contribution in [3.05, 3.63) is 29.3 Å². The number of amides is 2. The van der Waals surface area contributed by atoms with Crippen molar-refractivity contribution in [2.24, 2.45) is 17.1 Å². The van der Waals surface area contributed by atoms with Gasteiger partial charge in [0, 0.05) is 17.8 Å². The molecule has 0 bridgehead atoms. The molecule has 5 nitrogen and oxygen atoms in total. The Morgan fingerprint density at radius 3 is 2.30 bits per heavy atom. The molecule has 0 unspecified atom stereocenters. The maximum Gasteiger partial charge on any atom is 0.251 e. The fourth-order valence-corrected chi connectivity index (χ4v) is 1.95. The summed E-state index contributed by atoms with van der Waals surface area (Å²) in [5.41, 5.74) is 7.74. The highest BCUT2D eigenvalue weighted by molar-refractivity contribution is 5.98. The molecule has 1 aromatic rings. The van der Waals surface area contributed by atoms with Gasteiger partial charge in [0.05, 0.1) is 6.04 Å². The minimum absolute atomic E-state index is 0.105. The highest BCUT2D eigenvalue weighted by Crippen LogP contribution is 2.21. The highest BCUT2D eigenvalue weighted by Gasteiger charge is 2.27. The number of nitrogens with one attached hydrogen (secondary N) is 2. The Balaban J connectivity index is 2.81. The van der Waals surface area contributed by atoms with Gasteiger partial charge in [-0.2, -0.15) is 0 Å². The first-order valence-corrected chi connectivity index (χ1v) is 7.97. The molecular weight excluding hydrogens is 290 g/mol. The van der Waals surface area contributed by atoms with Gasteiger partial charge in [0.1, 0.15) is 0 Å². The number of nitrogens with two attached hydrogens (primary N) is 1. The van der Waals surface area contributed by atoms with E-state index < -0.39 is 6.04 Å². The summed E-state index contributed by atoms with van der Waals surface area (Å²) in [6.07, 6.45) is 0. The molecular formula is C18H29N3O2. The van der Waals surface area contributed by atoms with Crippen LogP contribution >= 0.6 is 0 Å². The largest absolute Gasteiger partial charge is 0.352 e. The second-order valence-electron chi connectivity index (χ2n) is 7.47. The number of hydrogen-bond acceptors (Lipinski definition) is 3. The van der Waals surface area contributed by atoms with Gasteiger partial charge in [0.15, 0.2) is 0 Å². The number of benzene rings is 1. The van der Waals surface area contributed by atoms with Crippen molar-refractivity contribution in [3.8, 4) is 0 Å². The molecule has 128 valence electrons. The molecule has 4 N–H and O–H groups in total. The Morgan fingerprint density at radius 1 is 1.22 bits per heavy atom. The number of hydrogen-bond donors (Lipinski definition) is 3. The fourth-order valence-electron chi connectivity index (χ4n) is 1.95. The predicted molar refractivity (Wildman–Crippen MR) is 94.4 cm³/mol. The maximum atomic E-state index is 12.2. The second kappa shape index (κ2) is 7.59. The van der Waals surface area contributed by atoms with Crippen LogP contribution in [0.2, 0.25) is 0 Å². The first-order valence-electron chi connectivity index (χ1n) is 7.97. The SMILES string of the molecule is Cc1cc(C(=O)NCC(C)C)ccc1NC(=O)[C@@H](N)C(C)(C)C. The van der Waals surface area contributed by atoms with Gasteiger partial charge in [-0.1, -0.05) is 34.6 Å². The summed E-state index contributed by atoms with van der Waals surface area (Å²) in [6, 6.07) is 4.62. The van der Waals surface area contributed by atoms with Crippen LogP contribution in [0.5, 0.6) is 0 Å². The normalized spacial score (nSPS) is 12.9. The second-order valence-corrected chi connectivity index (χ2v) is 7.47. The topological polar surface area (TPSA) is 84.2 Å². The zero-order valence-electron chi connectivity index (χ0n) is 15.0. The Bertz CT molecular complexity index is 574. The third-order valence-electron chi connectivity index (χ3n) is 3.63. The van der Waals surface area contributed by atoms with Crippen molar-refractivity contribution < 1.29 is 9.59 Å². The number of aryl methyl sites for hydroxylation is 1. The molecule has 1 atom stereocenters. The van der Waals surface area contributed by atoms with Gasteiger partial charge in [-0.05, 0) is 42.0 Å². The molecule has 0 aliphatic heterocycles. The molecule has 1 rings (SSSR count). The van der Waals surface area contributed by atoms with E-state index in [-0.39, 0.29) is 17.2 Å². The lowest BCUT2D eigenvalue weighted by atomic mass is 9.87. The number of carbonyl (C=O) groups is 2. The van der Waals surface area contributed by atoms with Gasteiger partial charge >= 0.3 is 0 Å². The number of rotatable bonds is 5. The van der Waals surface area contributed by atoms with E-state index in [0.717, 1.165) is 5.56 Å². The van der Waals surface area contributed by atoms with Crippen molar-refractivity contribution in [3.63, 3.8) is 0 Å². The summed E-state index contributed by atoms with van der Waals surface area (Å²) in [6.45, 7) is 12.4. The fraction of sp³-hybridized carbons (Fsp3) is 0.556. The van der Waals surface area contributed by atoms with E-state index in [1.165, 1.54) is 0 Å². The zero-order valence-corrected chi connectivity index (χ0v) is 15.0. The van der Waals surface area contributed by atoms with Crippen molar-refractivity contribution in [2.45, 2.75) is 47.6 Å². The van der Waals surface area contributed by atoms with E-state index >= 15 is 0 Å². The van der Waals surface area contributed by atoms with Gasteiger partial charge in [0.25, 0.3) is 5.91 Å². The van der Waals surface area contributed by atoms with Crippen LogP contribution in [0.3, 0.4) is 0 Å². The molecule has 0 fully saturated rings. The molecule has 0 aromatic heterocycles. The minimum atomic E-state index is -0.601. The monoisotopic (exact) mass is 319 g/mol. The Kier molecular flexibility index (Phi) is 6.33. The maximum absolute atomic E-state index is 12.2. The van der Waals surface area contributed by atoms with E-state index in [1.807, 2.05) is 41.5 Å². The van der Waals surface area contributed by atoms with Gasteiger partial charge in [-0.15, -0.1) is 0 Å². The van der Waals surface area contributed by atoms with E-state index in [4.69, 9.17) is 5.73 Å². The smallest absolute Gasteiger partial charge is 0.251 e. The van der Waals surface area contributed by atoms with Crippen LogP contribution < -0.4 is 16.4 Å². The summed E-state index contributed by atoms with van der Waals surface area (Å²) in [5.74, 6) is 0.0705. The standard InChI is InChI=1S/C18H29N3O2/c1-11(2)10-20-16(22)13-7-8-14(12(3)9-13)21-17(23)15(19)18(4,5)6/h7-9,11,15H,10,19H2,1-6H3,(H,20,22)(H,21,23)/t15-/m1/s1. The molecule has 1 aromatic carbocycles. The van der Waals surface area contributed by atoms with Crippen LogP contribution in [0.15, 0.2) is 18.2 Å². The third kappa shape index (κ3) is 5.67. The summed E-state index contributed by atoms with van der Waals surface area (Å²) < 4.78 is 0. The molecule has 2 amide bonds. The summed E-state index contributed by atoms with van der Waals surface area (Å²) in [7, 11) is 0. The van der Waals surface area contributed by atoms with Crippen LogP contribution in [0.1, 0.15) is 50.5 Å². The molecule has 0 saturated carbocycles. The van der Waals surface area contributed by atoms with Gasteiger partial charge in [-0.25, -0.2) is 0 Å². The van der Waals surface area contributed by atoms with Gasteiger partial charge < -0.3 is 16.4 Å². The van der Waals surface area contributed by atoms with Crippen LogP contribution in [-0.4, -0.2) is 24.4 Å². The van der Waals surface area contributed by atoms with Crippen LogP contribution in [0, 0.1) is 18.3 Å². The Hall–Kier alpha value is -1.88. The number of carbonyl (C=O) groups excluding carboxylic acids is 2. The molecule has 5 heteroatoms. The van der Waals surface area contributed by atoms with Gasteiger partial charge in [0.2, 0.25) is 5.91 Å². The zero-order chi connectivity index (χ0) is 17.8. The van der Waals surface area contributed by atoms with Crippen molar-refractivity contribution in [2.75, 3.05) is 11.9 Å². The van der Waals surface area contributed by atoms with E-state index in [0.29, 0.717) is 23.7 Å². The van der Waals surface area contributed by atoms with Crippen LogP contribution in [-0.2, 0) is 4.79 Å². The first-order chi connectivity index (χ1) is 10.5. The average Bonchev–Trinajstić information content (AvgIpc) is 2.44.